The Bertz CT molecular complexity index is 342. The Morgan fingerprint density at radius 2 is 2.12 bits per heavy atom. The van der Waals surface area contributed by atoms with Crippen molar-refractivity contribution in [3.05, 3.63) is 11.7 Å². The Balaban J connectivity index is 2.23. The monoisotopic (exact) mass is 223 g/mol. The molecule has 0 bridgehead atoms. The first kappa shape index (κ1) is 11.6. The van der Waals surface area contributed by atoms with E-state index in [0.717, 1.165) is 31.0 Å². The second-order valence-electron chi connectivity index (χ2n) is 4.96. The Hall–Kier alpha value is -0.900. The third-order valence-electron chi connectivity index (χ3n) is 3.90. The molecule has 2 N–H and O–H groups in total. The standard InChI is InChI=1S/C12H21N3O/c1-3-9(2)10-14-11(16-15-10)12(8-13)6-4-5-7-12/h9H,3-8,13H2,1-2H3. The number of aromatic nitrogens is 2. The average molecular weight is 223 g/mol. The predicted octanol–water partition coefficient (Wildman–Crippen LogP) is 2.35. The maximum absolute atomic E-state index is 5.89. The van der Waals surface area contributed by atoms with Crippen molar-refractivity contribution in [2.45, 2.75) is 57.3 Å². The molecule has 1 heterocycles. The highest BCUT2D eigenvalue weighted by molar-refractivity contribution is 5.10. The van der Waals surface area contributed by atoms with E-state index in [-0.39, 0.29) is 5.41 Å². The molecule has 0 aromatic carbocycles. The molecule has 1 atom stereocenters. The Morgan fingerprint density at radius 3 is 2.69 bits per heavy atom. The summed E-state index contributed by atoms with van der Waals surface area (Å²) >= 11 is 0. The number of nitrogens with zero attached hydrogens (tertiary/aromatic N) is 2. The van der Waals surface area contributed by atoms with Crippen molar-refractivity contribution < 1.29 is 4.52 Å². The summed E-state index contributed by atoms with van der Waals surface area (Å²) in [5.41, 5.74) is 5.86. The fourth-order valence-corrected chi connectivity index (χ4v) is 2.39. The van der Waals surface area contributed by atoms with Gasteiger partial charge in [-0.15, -0.1) is 0 Å². The minimum Gasteiger partial charge on any atom is -0.339 e. The van der Waals surface area contributed by atoms with Gasteiger partial charge in [0.15, 0.2) is 5.82 Å². The maximum atomic E-state index is 5.89. The largest absolute Gasteiger partial charge is 0.339 e. The average Bonchev–Trinajstić information content (AvgIpc) is 2.96. The summed E-state index contributed by atoms with van der Waals surface area (Å²) in [6, 6.07) is 0. The van der Waals surface area contributed by atoms with Gasteiger partial charge in [0.2, 0.25) is 5.89 Å². The van der Waals surface area contributed by atoms with E-state index >= 15 is 0 Å². The van der Waals surface area contributed by atoms with E-state index in [1.54, 1.807) is 0 Å². The van der Waals surface area contributed by atoms with Gasteiger partial charge in [-0.1, -0.05) is 31.8 Å². The van der Waals surface area contributed by atoms with Gasteiger partial charge in [-0.3, -0.25) is 0 Å². The molecule has 4 nitrogen and oxygen atoms in total. The Morgan fingerprint density at radius 1 is 1.44 bits per heavy atom. The van der Waals surface area contributed by atoms with E-state index in [4.69, 9.17) is 10.3 Å². The zero-order valence-corrected chi connectivity index (χ0v) is 10.2. The fourth-order valence-electron chi connectivity index (χ4n) is 2.39. The topological polar surface area (TPSA) is 64.9 Å². The van der Waals surface area contributed by atoms with Crippen LogP contribution in [-0.4, -0.2) is 16.7 Å². The lowest BCUT2D eigenvalue weighted by Gasteiger charge is -2.21. The van der Waals surface area contributed by atoms with Crippen LogP contribution >= 0.6 is 0 Å². The number of hydrogen-bond donors (Lipinski definition) is 1. The zero-order chi connectivity index (χ0) is 11.6. The second kappa shape index (κ2) is 4.53. The van der Waals surface area contributed by atoms with Crippen LogP contribution in [0.1, 0.15) is 63.6 Å². The van der Waals surface area contributed by atoms with E-state index in [9.17, 15) is 0 Å². The van der Waals surface area contributed by atoms with Gasteiger partial charge in [-0.05, 0) is 19.3 Å². The number of hydrogen-bond acceptors (Lipinski definition) is 4. The van der Waals surface area contributed by atoms with Crippen molar-refractivity contribution >= 4 is 0 Å². The normalized spacial score (nSPS) is 21.2. The molecule has 1 aromatic rings. The van der Waals surface area contributed by atoms with Gasteiger partial charge in [0.1, 0.15) is 0 Å². The lowest BCUT2D eigenvalue weighted by atomic mass is 9.86. The molecule has 1 fully saturated rings. The fraction of sp³-hybridized carbons (Fsp3) is 0.833. The SMILES string of the molecule is CCC(C)c1noc(C2(CN)CCCC2)n1. The molecule has 90 valence electrons. The first-order chi connectivity index (χ1) is 7.72. The lowest BCUT2D eigenvalue weighted by molar-refractivity contribution is 0.282. The van der Waals surface area contributed by atoms with Crippen molar-refractivity contribution in [2.75, 3.05) is 6.54 Å². The van der Waals surface area contributed by atoms with E-state index in [2.05, 4.69) is 24.0 Å². The van der Waals surface area contributed by atoms with Crippen molar-refractivity contribution in [1.29, 1.82) is 0 Å². The summed E-state index contributed by atoms with van der Waals surface area (Å²) in [5.74, 6) is 1.97. The summed E-state index contributed by atoms with van der Waals surface area (Å²) in [5, 5.41) is 4.08. The first-order valence-corrected chi connectivity index (χ1v) is 6.26. The summed E-state index contributed by atoms with van der Waals surface area (Å²) in [7, 11) is 0. The highest BCUT2D eigenvalue weighted by Crippen LogP contribution is 2.39. The molecule has 1 aliphatic rings. The van der Waals surface area contributed by atoms with Crippen LogP contribution in [0.4, 0.5) is 0 Å². The van der Waals surface area contributed by atoms with Gasteiger partial charge in [0, 0.05) is 12.5 Å². The molecule has 1 aromatic heterocycles. The molecular formula is C12H21N3O. The Kier molecular flexibility index (Phi) is 3.28. The van der Waals surface area contributed by atoms with E-state index in [1.807, 2.05) is 0 Å². The first-order valence-electron chi connectivity index (χ1n) is 6.26. The third kappa shape index (κ3) is 1.86. The molecule has 0 amide bonds. The smallest absolute Gasteiger partial charge is 0.234 e. The van der Waals surface area contributed by atoms with Crippen molar-refractivity contribution in [3.63, 3.8) is 0 Å². The predicted molar refractivity (Wildman–Crippen MR) is 62.2 cm³/mol. The molecule has 4 heteroatoms. The van der Waals surface area contributed by atoms with Gasteiger partial charge < -0.3 is 10.3 Å². The van der Waals surface area contributed by atoms with E-state index in [0.29, 0.717) is 12.5 Å². The van der Waals surface area contributed by atoms with Crippen LogP contribution in [-0.2, 0) is 5.41 Å². The minimum absolute atomic E-state index is 0.0291. The molecule has 0 saturated heterocycles. The highest BCUT2D eigenvalue weighted by atomic mass is 16.5. The zero-order valence-electron chi connectivity index (χ0n) is 10.2. The van der Waals surface area contributed by atoms with E-state index in [1.165, 1.54) is 12.8 Å². The quantitative estimate of drug-likeness (QED) is 0.851. The number of rotatable bonds is 4. The van der Waals surface area contributed by atoms with E-state index < -0.39 is 0 Å². The van der Waals surface area contributed by atoms with Crippen LogP contribution in [0.15, 0.2) is 4.52 Å². The number of nitrogens with two attached hydrogens (primary N) is 1. The molecule has 0 spiro atoms. The molecular weight excluding hydrogens is 202 g/mol. The molecule has 0 aliphatic heterocycles. The molecule has 2 rings (SSSR count). The van der Waals surface area contributed by atoms with Crippen molar-refractivity contribution in [2.24, 2.45) is 5.73 Å². The maximum Gasteiger partial charge on any atom is 0.234 e. The third-order valence-corrected chi connectivity index (χ3v) is 3.90. The van der Waals surface area contributed by atoms with Gasteiger partial charge in [0.05, 0.1) is 5.41 Å². The summed E-state index contributed by atoms with van der Waals surface area (Å²) < 4.78 is 5.42. The van der Waals surface area contributed by atoms with Crippen LogP contribution in [0.25, 0.3) is 0 Å². The molecule has 0 radical (unpaired) electrons. The molecule has 1 unspecified atom stereocenters. The van der Waals surface area contributed by atoms with Crippen LogP contribution in [0, 0.1) is 0 Å². The minimum atomic E-state index is -0.0291. The van der Waals surface area contributed by atoms with Crippen LogP contribution in [0.5, 0.6) is 0 Å². The van der Waals surface area contributed by atoms with Gasteiger partial charge >= 0.3 is 0 Å². The van der Waals surface area contributed by atoms with Crippen LogP contribution in [0.2, 0.25) is 0 Å². The van der Waals surface area contributed by atoms with Crippen molar-refractivity contribution in [1.82, 2.24) is 10.1 Å². The Labute approximate surface area is 96.6 Å². The van der Waals surface area contributed by atoms with Gasteiger partial charge in [-0.25, -0.2) is 0 Å². The second-order valence-corrected chi connectivity index (χ2v) is 4.96. The molecule has 1 aliphatic carbocycles. The van der Waals surface area contributed by atoms with Crippen LogP contribution < -0.4 is 5.73 Å². The van der Waals surface area contributed by atoms with Gasteiger partial charge in [0.25, 0.3) is 0 Å². The molecule has 1 saturated carbocycles. The molecule has 16 heavy (non-hydrogen) atoms. The van der Waals surface area contributed by atoms with Crippen molar-refractivity contribution in [3.8, 4) is 0 Å². The summed E-state index contributed by atoms with van der Waals surface area (Å²) in [4.78, 5) is 4.55. The lowest BCUT2D eigenvalue weighted by Crippen LogP contribution is -2.32. The van der Waals surface area contributed by atoms with Gasteiger partial charge in [-0.2, -0.15) is 4.98 Å². The summed E-state index contributed by atoms with van der Waals surface area (Å²) in [6.07, 6.45) is 5.66. The summed E-state index contributed by atoms with van der Waals surface area (Å²) in [6.45, 7) is 4.88. The van der Waals surface area contributed by atoms with Crippen LogP contribution in [0.3, 0.4) is 0 Å². The highest BCUT2D eigenvalue weighted by Gasteiger charge is 2.39.